The molecule has 0 aromatic heterocycles. The van der Waals surface area contributed by atoms with Crippen LogP contribution in [0.1, 0.15) is 72.8 Å². The molecule has 200 valence electrons. The van der Waals surface area contributed by atoms with Crippen molar-refractivity contribution in [3.8, 4) is 0 Å². The van der Waals surface area contributed by atoms with Crippen LogP contribution in [0.3, 0.4) is 0 Å². The molecular formula is C27H47N3O5. The highest BCUT2D eigenvalue weighted by molar-refractivity contribution is 5.67. The zero-order chi connectivity index (χ0) is 26.2. The van der Waals surface area contributed by atoms with Gasteiger partial charge < -0.3 is 24.8 Å². The van der Waals surface area contributed by atoms with Crippen molar-refractivity contribution in [3.63, 3.8) is 0 Å². The third-order valence-electron chi connectivity index (χ3n) is 4.72. The Morgan fingerprint density at radius 3 is 1.83 bits per heavy atom. The molecule has 0 aliphatic rings. The van der Waals surface area contributed by atoms with E-state index in [-0.39, 0.29) is 6.09 Å². The first kappa shape index (κ1) is 30.7. The number of amides is 2. The van der Waals surface area contributed by atoms with Crippen LogP contribution in [0.2, 0.25) is 0 Å². The number of unbranched alkanes of at least 4 members (excludes halogenated alkanes) is 1. The van der Waals surface area contributed by atoms with Crippen LogP contribution in [0.25, 0.3) is 0 Å². The highest BCUT2D eigenvalue weighted by Gasteiger charge is 2.16. The number of nitrogens with one attached hydrogen (secondary N) is 2. The molecule has 1 aromatic rings. The van der Waals surface area contributed by atoms with Crippen molar-refractivity contribution < 1.29 is 23.8 Å². The first-order valence-electron chi connectivity index (χ1n) is 12.7. The Bertz CT molecular complexity index is 714. The first-order chi connectivity index (χ1) is 16.4. The van der Waals surface area contributed by atoms with Crippen molar-refractivity contribution in [1.82, 2.24) is 15.5 Å². The van der Waals surface area contributed by atoms with Gasteiger partial charge >= 0.3 is 12.2 Å². The van der Waals surface area contributed by atoms with Crippen molar-refractivity contribution in [2.24, 2.45) is 0 Å². The summed E-state index contributed by atoms with van der Waals surface area (Å²) in [6.45, 7) is 16.3. The highest BCUT2D eigenvalue weighted by Crippen LogP contribution is 2.09. The molecule has 0 spiro atoms. The maximum atomic E-state index is 11.8. The molecule has 2 amide bonds. The average Bonchev–Trinajstić information content (AvgIpc) is 2.73. The fourth-order valence-electron chi connectivity index (χ4n) is 3.24. The summed E-state index contributed by atoms with van der Waals surface area (Å²) in [6.07, 6.45) is 2.85. The fraction of sp³-hybridized carbons (Fsp3) is 0.704. The van der Waals surface area contributed by atoms with E-state index in [0.717, 1.165) is 45.3 Å². The Hall–Kier alpha value is -2.32. The SMILES string of the molecule is CC(C)(C)OC(=O)NCCCOCCCCN(CCCNC(=O)OC(C)(C)C)Cc1ccccc1. The third kappa shape index (κ3) is 18.7. The van der Waals surface area contributed by atoms with Crippen LogP contribution in [-0.2, 0) is 20.8 Å². The van der Waals surface area contributed by atoms with Crippen LogP contribution in [-0.4, -0.2) is 67.7 Å². The summed E-state index contributed by atoms with van der Waals surface area (Å²) < 4.78 is 16.2. The van der Waals surface area contributed by atoms with E-state index in [1.165, 1.54) is 5.56 Å². The maximum Gasteiger partial charge on any atom is 0.407 e. The summed E-state index contributed by atoms with van der Waals surface area (Å²) in [5.74, 6) is 0. The monoisotopic (exact) mass is 493 g/mol. The zero-order valence-corrected chi connectivity index (χ0v) is 22.7. The van der Waals surface area contributed by atoms with Gasteiger partial charge in [0.25, 0.3) is 0 Å². The van der Waals surface area contributed by atoms with E-state index in [0.29, 0.717) is 26.3 Å². The van der Waals surface area contributed by atoms with Crippen molar-refractivity contribution >= 4 is 12.2 Å². The lowest BCUT2D eigenvalue weighted by atomic mass is 10.2. The Morgan fingerprint density at radius 1 is 0.743 bits per heavy atom. The topological polar surface area (TPSA) is 89.1 Å². The Kier molecular flexibility index (Phi) is 14.4. The van der Waals surface area contributed by atoms with Crippen molar-refractivity contribution in [2.75, 3.05) is 39.4 Å². The van der Waals surface area contributed by atoms with Crippen molar-refractivity contribution in [1.29, 1.82) is 0 Å². The van der Waals surface area contributed by atoms with Gasteiger partial charge in [-0.15, -0.1) is 0 Å². The Labute approximate surface area is 212 Å². The molecule has 0 atom stereocenters. The molecule has 0 radical (unpaired) electrons. The number of carbonyl (C=O) groups excluding carboxylic acids is 2. The molecule has 0 unspecified atom stereocenters. The molecule has 0 saturated heterocycles. The van der Waals surface area contributed by atoms with E-state index in [9.17, 15) is 9.59 Å². The summed E-state index contributed by atoms with van der Waals surface area (Å²) in [7, 11) is 0. The largest absolute Gasteiger partial charge is 0.444 e. The van der Waals surface area contributed by atoms with Gasteiger partial charge in [0.2, 0.25) is 0 Å². The molecule has 1 aromatic carbocycles. The second-order valence-corrected chi connectivity index (χ2v) is 10.6. The Morgan fingerprint density at radius 2 is 1.26 bits per heavy atom. The molecular weight excluding hydrogens is 446 g/mol. The van der Waals surface area contributed by atoms with Gasteiger partial charge in [-0.2, -0.15) is 0 Å². The predicted octanol–water partition coefficient (Wildman–Crippen LogP) is 5.12. The van der Waals surface area contributed by atoms with E-state index in [2.05, 4.69) is 39.8 Å². The molecule has 2 N–H and O–H groups in total. The summed E-state index contributed by atoms with van der Waals surface area (Å²) in [4.78, 5) is 25.9. The van der Waals surface area contributed by atoms with Crippen molar-refractivity contribution in [3.05, 3.63) is 35.9 Å². The summed E-state index contributed by atoms with van der Waals surface area (Å²) in [5, 5.41) is 5.57. The second-order valence-electron chi connectivity index (χ2n) is 10.6. The summed E-state index contributed by atoms with van der Waals surface area (Å²) >= 11 is 0. The normalized spacial score (nSPS) is 11.9. The first-order valence-corrected chi connectivity index (χ1v) is 12.7. The van der Waals surface area contributed by atoms with Gasteiger partial charge in [0.05, 0.1) is 0 Å². The predicted molar refractivity (Wildman–Crippen MR) is 139 cm³/mol. The Balaban J connectivity index is 2.23. The van der Waals surface area contributed by atoms with Gasteiger partial charge in [0.1, 0.15) is 11.2 Å². The molecule has 0 aliphatic heterocycles. The molecule has 0 heterocycles. The van der Waals surface area contributed by atoms with Crippen LogP contribution in [0, 0.1) is 0 Å². The minimum Gasteiger partial charge on any atom is -0.444 e. The van der Waals surface area contributed by atoms with E-state index >= 15 is 0 Å². The number of hydrogen-bond acceptors (Lipinski definition) is 6. The number of rotatable bonds is 15. The van der Waals surface area contributed by atoms with Crippen LogP contribution in [0.15, 0.2) is 30.3 Å². The zero-order valence-electron chi connectivity index (χ0n) is 22.7. The lowest BCUT2D eigenvalue weighted by Crippen LogP contribution is -2.34. The molecule has 8 heteroatoms. The van der Waals surface area contributed by atoms with E-state index in [1.54, 1.807) is 0 Å². The van der Waals surface area contributed by atoms with Gasteiger partial charge in [-0.3, -0.25) is 4.90 Å². The number of hydrogen-bond donors (Lipinski definition) is 2. The van der Waals surface area contributed by atoms with Gasteiger partial charge in [-0.1, -0.05) is 30.3 Å². The van der Waals surface area contributed by atoms with Crippen LogP contribution < -0.4 is 10.6 Å². The van der Waals surface area contributed by atoms with Gasteiger partial charge in [0, 0.05) is 39.4 Å². The number of ether oxygens (including phenoxy) is 3. The molecule has 35 heavy (non-hydrogen) atoms. The third-order valence-corrected chi connectivity index (χ3v) is 4.72. The van der Waals surface area contributed by atoms with Gasteiger partial charge in [-0.25, -0.2) is 9.59 Å². The lowest BCUT2D eigenvalue weighted by Gasteiger charge is -2.23. The van der Waals surface area contributed by atoms with E-state index in [4.69, 9.17) is 14.2 Å². The minimum absolute atomic E-state index is 0.370. The minimum atomic E-state index is -0.486. The summed E-state index contributed by atoms with van der Waals surface area (Å²) in [5.41, 5.74) is 0.310. The van der Waals surface area contributed by atoms with Gasteiger partial charge in [-0.05, 0) is 79.3 Å². The molecule has 8 nitrogen and oxygen atoms in total. The quantitative estimate of drug-likeness (QED) is 0.330. The van der Waals surface area contributed by atoms with Gasteiger partial charge in [0.15, 0.2) is 0 Å². The van der Waals surface area contributed by atoms with E-state index < -0.39 is 17.3 Å². The summed E-state index contributed by atoms with van der Waals surface area (Å²) in [6, 6.07) is 10.4. The smallest absolute Gasteiger partial charge is 0.407 e. The number of benzene rings is 1. The number of carbonyl (C=O) groups is 2. The number of nitrogens with zero attached hydrogens (tertiary/aromatic N) is 1. The second kappa shape index (κ2) is 16.4. The maximum absolute atomic E-state index is 11.8. The standard InChI is InChI=1S/C27H47N3O5/c1-26(2,3)34-24(31)28-16-12-19-30(22-23-14-8-7-9-15-23)18-10-11-20-33-21-13-17-29-25(32)35-27(4,5)6/h7-9,14-15H,10-13,16-22H2,1-6H3,(H,28,31)(H,29,32). The fourth-order valence-corrected chi connectivity index (χ4v) is 3.24. The van der Waals surface area contributed by atoms with Crippen LogP contribution in [0.4, 0.5) is 9.59 Å². The highest BCUT2D eigenvalue weighted by atomic mass is 16.6. The molecule has 0 saturated carbocycles. The average molecular weight is 494 g/mol. The molecule has 0 aliphatic carbocycles. The molecule has 0 fully saturated rings. The number of alkyl carbamates (subject to hydrolysis) is 2. The van der Waals surface area contributed by atoms with Crippen LogP contribution in [0.5, 0.6) is 0 Å². The van der Waals surface area contributed by atoms with E-state index in [1.807, 2.05) is 47.6 Å². The van der Waals surface area contributed by atoms with Crippen LogP contribution >= 0.6 is 0 Å². The lowest BCUT2D eigenvalue weighted by molar-refractivity contribution is 0.0509. The van der Waals surface area contributed by atoms with Crippen molar-refractivity contribution in [2.45, 2.75) is 85.0 Å². The molecule has 0 bridgehead atoms. The molecule has 1 rings (SSSR count).